The number of amides is 1. The summed E-state index contributed by atoms with van der Waals surface area (Å²) in [5.74, 6) is 0.113. The van der Waals surface area contributed by atoms with E-state index in [1.807, 2.05) is 26.0 Å². The Hall–Kier alpha value is -2.40. The first kappa shape index (κ1) is 22.9. The van der Waals surface area contributed by atoms with Crippen LogP contribution < -0.4 is 10.6 Å². The summed E-state index contributed by atoms with van der Waals surface area (Å²) in [6.45, 7) is 11.9. The van der Waals surface area contributed by atoms with Gasteiger partial charge in [-0.05, 0) is 57.2 Å². The van der Waals surface area contributed by atoms with Gasteiger partial charge in [-0.1, -0.05) is 13.8 Å². The van der Waals surface area contributed by atoms with Crippen molar-refractivity contribution in [2.75, 3.05) is 10.6 Å². The summed E-state index contributed by atoms with van der Waals surface area (Å²) in [5.41, 5.74) is 3.91. The van der Waals surface area contributed by atoms with Gasteiger partial charge in [0.25, 0.3) is 0 Å². The van der Waals surface area contributed by atoms with Gasteiger partial charge in [0.2, 0.25) is 5.91 Å². The van der Waals surface area contributed by atoms with Crippen LogP contribution in [-0.2, 0) is 4.79 Å². The lowest BCUT2D eigenvalue weighted by Crippen LogP contribution is -2.17. The van der Waals surface area contributed by atoms with Gasteiger partial charge in [0, 0.05) is 36.3 Å². The van der Waals surface area contributed by atoms with Gasteiger partial charge in [0.05, 0.1) is 11.8 Å². The molecule has 1 aliphatic rings. The number of nitriles is 1. The number of aryl methyl sites for hydroxylation is 1. The Kier molecular flexibility index (Phi) is 8.21. The van der Waals surface area contributed by atoms with Crippen molar-refractivity contribution in [1.29, 1.82) is 5.26 Å². The van der Waals surface area contributed by atoms with Gasteiger partial charge < -0.3 is 10.6 Å². The van der Waals surface area contributed by atoms with Crippen LogP contribution in [0, 0.1) is 30.1 Å². The van der Waals surface area contributed by atoms with E-state index in [0.29, 0.717) is 23.3 Å². The molecule has 0 bridgehead atoms. The van der Waals surface area contributed by atoms with Crippen molar-refractivity contribution in [3.63, 3.8) is 0 Å². The van der Waals surface area contributed by atoms with Crippen LogP contribution in [0.25, 0.3) is 0 Å². The van der Waals surface area contributed by atoms with Gasteiger partial charge in [-0.3, -0.25) is 4.79 Å². The summed E-state index contributed by atoms with van der Waals surface area (Å²) in [5, 5.41) is 24.0. The molecule has 1 aromatic rings. The lowest BCUT2D eigenvalue weighted by atomic mass is 10.0. The molecular formula is C21H30N6OS. The van der Waals surface area contributed by atoms with Crippen molar-refractivity contribution in [3.8, 4) is 6.07 Å². The van der Waals surface area contributed by atoms with Gasteiger partial charge in [-0.15, -0.1) is 0 Å². The summed E-state index contributed by atoms with van der Waals surface area (Å²) in [6, 6.07) is 6.35. The Morgan fingerprint density at radius 1 is 1.28 bits per heavy atom. The number of rotatable bonds is 8. The number of carbonyl (C=O) groups is 1. The minimum absolute atomic E-state index is 0.173. The highest BCUT2D eigenvalue weighted by molar-refractivity contribution is 7.99. The number of carbonyl (C=O) groups excluding carboxylic acids is 1. The maximum Gasteiger partial charge on any atom is 0.221 e. The fourth-order valence-corrected chi connectivity index (χ4v) is 3.82. The predicted octanol–water partition coefficient (Wildman–Crippen LogP) is 5.86. The van der Waals surface area contributed by atoms with Crippen LogP contribution in [0.4, 0.5) is 17.1 Å². The normalized spacial score (nSPS) is 19.9. The zero-order chi connectivity index (χ0) is 21.6. The summed E-state index contributed by atoms with van der Waals surface area (Å²) in [7, 11) is 0. The van der Waals surface area contributed by atoms with E-state index in [4.69, 9.17) is 0 Å². The molecule has 1 aromatic carbocycles. The molecule has 0 saturated carbocycles. The van der Waals surface area contributed by atoms with Crippen LogP contribution in [0.5, 0.6) is 0 Å². The van der Waals surface area contributed by atoms with E-state index in [0.717, 1.165) is 29.8 Å². The van der Waals surface area contributed by atoms with E-state index in [9.17, 15) is 10.1 Å². The number of azo groups is 1. The van der Waals surface area contributed by atoms with E-state index in [1.54, 1.807) is 0 Å². The van der Waals surface area contributed by atoms with Crippen molar-refractivity contribution < 1.29 is 4.79 Å². The molecule has 8 heteroatoms. The minimum Gasteiger partial charge on any atom is -0.382 e. The summed E-state index contributed by atoms with van der Waals surface area (Å²) >= 11 is 1.25. The predicted molar refractivity (Wildman–Crippen MR) is 121 cm³/mol. The molecule has 1 amide bonds. The van der Waals surface area contributed by atoms with Gasteiger partial charge in [-0.25, -0.2) is 4.40 Å². The molecule has 2 N–H and O–H groups in total. The van der Waals surface area contributed by atoms with E-state index in [1.165, 1.54) is 18.9 Å². The summed E-state index contributed by atoms with van der Waals surface area (Å²) in [4.78, 5) is 11.7. The van der Waals surface area contributed by atoms with Crippen LogP contribution in [0.2, 0.25) is 0 Å². The quantitative estimate of drug-likeness (QED) is 0.410. The molecule has 3 atom stereocenters. The maximum atomic E-state index is 11.7. The molecule has 0 spiro atoms. The molecule has 0 saturated heterocycles. The van der Waals surface area contributed by atoms with Crippen LogP contribution in [0.3, 0.4) is 0 Å². The fourth-order valence-electron chi connectivity index (χ4n) is 2.97. The van der Waals surface area contributed by atoms with E-state index < -0.39 is 0 Å². The second-order valence-corrected chi connectivity index (χ2v) is 8.81. The fraction of sp³-hybridized carbons (Fsp3) is 0.571. The number of nitrogens with zero attached hydrogens (tertiary/aromatic N) is 4. The lowest BCUT2D eigenvalue weighted by molar-refractivity contribution is -0.114. The lowest BCUT2D eigenvalue weighted by Gasteiger charge is -2.19. The van der Waals surface area contributed by atoms with Crippen molar-refractivity contribution >= 4 is 40.6 Å². The molecule has 156 valence electrons. The highest BCUT2D eigenvalue weighted by Crippen LogP contribution is 2.36. The Balaban J connectivity index is 2.24. The number of anilines is 2. The molecule has 0 aliphatic carbocycles. The Morgan fingerprint density at radius 3 is 2.62 bits per heavy atom. The van der Waals surface area contributed by atoms with E-state index >= 15 is 0 Å². The third-order valence-electron chi connectivity index (χ3n) is 4.69. The third kappa shape index (κ3) is 6.57. The molecule has 1 aliphatic heterocycles. The topological polar surface area (TPSA) is 102 Å². The molecule has 0 aromatic heterocycles. The molecule has 29 heavy (non-hydrogen) atoms. The van der Waals surface area contributed by atoms with Crippen LogP contribution in [-0.4, -0.2) is 23.0 Å². The number of hydrogen-bond acceptors (Lipinski definition) is 7. The Labute approximate surface area is 177 Å². The van der Waals surface area contributed by atoms with E-state index in [2.05, 4.69) is 52.1 Å². The standard InChI is InChI=1S/C21H30N6OS/c1-12(2)7-8-14(4)23-18-10-19(24-16(6)28)20(9-13(18)3)25-26-21-17(11-22)15(5)27-29-21/h9-10,12,14,17,21,23H,7-8H2,1-6H3,(H,24,28). The average molecular weight is 415 g/mol. The second kappa shape index (κ2) is 10.4. The molecule has 7 nitrogen and oxygen atoms in total. The largest absolute Gasteiger partial charge is 0.382 e. The Bertz CT molecular complexity index is 842. The highest BCUT2D eigenvalue weighted by atomic mass is 32.2. The van der Waals surface area contributed by atoms with Crippen molar-refractivity contribution in [2.24, 2.45) is 26.5 Å². The second-order valence-electron chi connectivity index (χ2n) is 7.93. The van der Waals surface area contributed by atoms with E-state index in [-0.39, 0.29) is 17.2 Å². The SMILES string of the molecule is CC(=O)Nc1cc(NC(C)CCC(C)C)c(C)cc1N=NC1SN=C(C)C1C#N. The first-order chi connectivity index (χ1) is 13.7. The van der Waals surface area contributed by atoms with Crippen LogP contribution in [0.1, 0.15) is 53.0 Å². The molecule has 0 radical (unpaired) electrons. The summed E-state index contributed by atoms with van der Waals surface area (Å²) < 4.78 is 4.22. The smallest absolute Gasteiger partial charge is 0.221 e. The monoisotopic (exact) mass is 414 g/mol. The van der Waals surface area contributed by atoms with Crippen LogP contribution in [0.15, 0.2) is 26.8 Å². The molecule has 0 fully saturated rings. The number of nitrogens with one attached hydrogen (secondary N) is 2. The first-order valence-electron chi connectivity index (χ1n) is 9.90. The molecular weight excluding hydrogens is 384 g/mol. The zero-order valence-corrected chi connectivity index (χ0v) is 18.8. The molecule has 3 unspecified atom stereocenters. The van der Waals surface area contributed by atoms with Crippen molar-refractivity contribution in [1.82, 2.24) is 0 Å². The number of benzene rings is 1. The van der Waals surface area contributed by atoms with Crippen LogP contribution >= 0.6 is 11.9 Å². The number of hydrogen-bond donors (Lipinski definition) is 2. The zero-order valence-electron chi connectivity index (χ0n) is 18.0. The van der Waals surface area contributed by atoms with Gasteiger partial charge in [0.1, 0.15) is 11.6 Å². The maximum absolute atomic E-state index is 11.7. The third-order valence-corrected chi connectivity index (χ3v) is 5.67. The summed E-state index contributed by atoms with van der Waals surface area (Å²) in [6.07, 6.45) is 2.22. The highest BCUT2D eigenvalue weighted by Gasteiger charge is 2.30. The molecule has 2 rings (SSSR count). The van der Waals surface area contributed by atoms with Gasteiger partial charge >= 0.3 is 0 Å². The van der Waals surface area contributed by atoms with Crippen molar-refractivity contribution in [3.05, 3.63) is 17.7 Å². The van der Waals surface area contributed by atoms with Gasteiger partial charge in [0.15, 0.2) is 5.37 Å². The van der Waals surface area contributed by atoms with Crippen molar-refractivity contribution in [2.45, 2.75) is 65.8 Å². The average Bonchev–Trinajstić information content (AvgIpc) is 3.00. The Morgan fingerprint density at radius 2 is 2.00 bits per heavy atom. The van der Waals surface area contributed by atoms with Gasteiger partial charge in [-0.2, -0.15) is 15.5 Å². The molecule has 1 heterocycles. The first-order valence-corrected chi connectivity index (χ1v) is 10.7. The minimum atomic E-state index is -0.378.